The van der Waals surface area contributed by atoms with Crippen molar-refractivity contribution in [1.29, 1.82) is 0 Å². The van der Waals surface area contributed by atoms with Crippen LogP contribution in [-0.4, -0.2) is 62.9 Å². The van der Waals surface area contributed by atoms with Crippen LogP contribution in [0.25, 0.3) is 0 Å². The van der Waals surface area contributed by atoms with Crippen LogP contribution in [0.4, 0.5) is 18.0 Å². The van der Waals surface area contributed by atoms with Crippen LogP contribution in [0.5, 0.6) is 0 Å². The van der Waals surface area contributed by atoms with Crippen LogP contribution in [0.1, 0.15) is 41.5 Å². The van der Waals surface area contributed by atoms with Gasteiger partial charge in [-0.25, -0.2) is 26.4 Å². The molecule has 1 amide bonds. The summed E-state index contributed by atoms with van der Waals surface area (Å²) in [5.41, 5.74) is 1.12. The number of halogens is 4. The molecule has 264 valence electrons. The van der Waals surface area contributed by atoms with Crippen molar-refractivity contribution in [2.24, 2.45) is 0 Å². The number of hydrogen-bond donors (Lipinski definition) is 2. The number of nitrogens with zero attached hydrogens (tertiary/aromatic N) is 1. The number of methoxy groups -OCH3 is 1. The van der Waals surface area contributed by atoms with Gasteiger partial charge in [0.1, 0.15) is 28.4 Å². The van der Waals surface area contributed by atoms with E-state index in [1.165, 1.54) is 65.0 Å². The van der Waals surface area contributed by atoms with Crippen LogP contribution in [0.3, 0.4) is 0 Å². The Morgan fingerprint density at radius 2 is 1.58 bits per heavy atom. The zero-order chi connectivity index (χ0) is 36.0. The van der Waals surface area contributed by atoms with Gasteiger partial charge in [0, 0.05) is 37.5 Å². The Labute approximate surface area is 294 Å². The molecular weight excluding hydrogens is 691 g/mol. The predicted octanol–water partition coefficient (Wildman–Crippen LogP) is 6.41. The summed E-state index contributed by atoms with van der Waals surface area (Å²) in [5, 5.41) is 5.89. The average molecular weight is 728 g/mol. The fourth-order valence-corrected chi connectivity index (χ4v) is 8.94. The third kappa shape index (κ3) is 8.38. The van der Waals surface area contributed by atoms with E-state index in [0.29, 0.717) is 29.8 Å². The number of nitrogens with one attached hydrogen (secondary N) is 2. The van der Waals surface area contributed by atoms with Crippen molar-refractivity contribution in [3.63, 3.8) is 0 Å². The van der Waals surface area contributed by atoms with E-state index in [2.05, 4.69) is 10.6 Å². The van der Waals surface area contributed by atoms with Crippen LogP contribution in [0.15, 0.2) is 95.9 Å². The first kappa shape index (κ1) is 37.0. The van der Waals surface area contributed by atoms with Crippen LogP contribution in [0, 0.1) is 17.5 Å². The van der Waals surface area contributed by atoms with E-state index in [1.807, 2.05) is 0 Å². The van der Waals surface area contributed by atoms with E-state index in [9.17, 15) is 26.8 Å². The van der Waals surface area contributed by atoms with Gasteiger partial charge in [-0.05, 0) is 84.5 Å². The average Bonchev–Trinajstić information content (AvgIpc) is 3.07. The van der Waals surface area contributed by atoms with E-state index in [1.54, 1.807) is 37.3 Å². The maximum atomic E-state index is 15.6. The molecule has 1 aliphatic heterocycles. The molecule has 8 nitrogen and oxygen atoms in total. The number of ether oxygens (including phenoxy) is 1. The van der Waals surface area contributed by atoms with Crippen LogP contribution in [-0.2, 0) is 32.4 Å². The third-order valence-electron chi connectivity index (χ3n) is 8.87. The van der Waals surface area contributed by atoms with Crippen LogP contribution >= 0.6 is 11.6 Å². The predicted molar refractivity (Wildman–Crippen MR) is 184 cm³/mol. The number of rotatable bonds is 12. The van der Waals surface area contributed by atoms with Gasteiger partial charge >= 0.3 is 6.09 Å². The van der Waals surface area contributed by atoms with Crippen molar-refractivity contribution in [2.45, 2.75) is 55.1 Å². The van der Waals surface area contributed by atoms with E-state index < -0.39 is 63.4 Å². The van der Waals surface area contributed by atoms with Gasteiger partial charge in [0.2, 0.25) is 10.0 Å². The van der Waals surface area contributed by atoms with Crippen molar-refractivity contribution in [3.8, 4) is 0 Å². The summed E-state index contributed by atoms with van der Waals surface area (Å²) in [7, 11) is -2.90. The second-order valence-electron chi connectivity index (χ2n) is 12.2. The van der Waals surface area contributed by atoms with E-state index >= 15 is 4.39 Å². The lowest BCUT2D eigenvalue weighted by Gasteiger charge is -2.40. The summed E-state index contributed by atoms with van der Waals surface area (Å²) >= 11 is 6.29. The zero-order valence-electron chi connectivity index (χ0n) is 27.4. The highest BCUT2D eigenvalue weighted by molar-refractivity contribution is 7.89. The molecule has 3 atom stereocenters. The summed E-state index contributed by atoms with van der Waals surface area (Å²) in [6.07, 6.45) is -1.01. The molecule has 0 unspecified atom stereocenters. The first-order valence-corrected chi connectivity index (χ1v) is 17.9. The summed E-state index contributed by atoms with van der Waals surface area (Å²) < 4.78 is 78.4. The molecule has 50 heavy (non-hydrogen) atoms. The molecule has 1 saturated heterocycles. The number of Topliss-reactive ketones (excluding diaryl/α,β-unsaturated/α-hetero) is 1. The van der Waals surface area contributed by atoms with Gasteiger partial charge < -0.3 is 15.4 Å². The topological polar surface area (TPSA) is 105 Å². The molecule has 4 aromatic rings. The van der Waals surface area contributed by atoms with Crippen LogP contribution < -0.4 is 10.6 Å². The van der Waals surface area contributed by atoms with Gasteiger partial charge in [0.15, 0.2) is 5.78 Å². The number of carbonyl (C=O) groups excluding carboxylic acids is 2. The standard InChI is InChI=1S/C37H37ClF3N3O5S/c1-23-21-42-22-29(44(23)50(47,48)34-15-4-3-13-31(34)38)16-17-30-24(8-7-14-32(30)41)20-33(45)36(43-37(46)49-2)35(25-9-5-11-27(39)18-25)26-10-6-12-28(40)19-26/h3-15,18-19,23,29,35-36,42H,16-17,20-22H2,1-2H3,(H,43,46)/t23-,29-,36+/m0/s1. The highest BCUT2D eigenvalue weighted by atomic mass is 35.5. The quantitative estimate of drug-likeness (QED) is 0.175. The molecule has 1 heterocycles. The number of hydrogen-bond acceptors (Lipinski definition) is 6. The number of carbonyl (C=O) groups is 2. The molecule has 0 saturated carbocycles. The number of ketones is 1. The van der Waals surface area contributed by atoms with Gasteiger partial charge in [0.05, 0.1) is 12.1 Å². The van der Waals surface area contributed by atoms with Gasteiger partial charge in [-0.1, -0.05) is 60.1 Å². The van der Waals surface area contributed by atoms with Crippen LogP contribution in [0.2, 0.25) is 5.02 Å². The minimum absolute atomic E-state index is 0.0205. The molecule has 0 radical (unpaired) electrons. The van der Waals surface area contributed by atoms with E-state index in [0.717, 1.165) is 7.11 Å². The number of alkyl carbamates (subject to hydrolysis) is 1. The first-order valence-electron chi connectivity index (χ1n) is 16.0. The molecule has 1 fully saturated rings. The number of sulfonamides is 1. The van der Waals surface area contributed by atoms with E-state index in [4.69, 9.17) is 16.3 Å². The smallest absolute Gasteiger partial charge is 0.407 e. The molecule has 0 spiro atoms. The highest BCUT2D eigenvalue weighted by Crippen LogP contribution is 2.33. The maximum Gasteiger partial charge on any atom is 0.407 e. The fraction of sp³-hybridized carbons (Fsp3) is 0.297. The summed E-state index contributed by atoms with van der Waals surface area (Å²) in [5.74, 6) is -3.40. The molecular formula is C37H37ClF3N3O5S. The lowest BCUT2D eigenvalue weighted by Crippen LogP contribution is -2.58. The Kier molecular flexibility index (Phi) is 12.0. The highest BCUT2D eigenvalue weighted by Gasteiger charge is 2.39. The Bertz CT molecular complexity index is 1920. The lowest BCUT2D eigenvalue weighted by atomic mass is 9.81. The Morgan fingerprint density at radius 1 is 0.940 bits per heavy atom. The van der Waals surface area contributed by atoms with E-state index in [-0.39, 0.29) is 34.7 Å². The summed E-state index contributed by atoms with van der Waals surface area (Å²) in [4.78, 5) is 26.8. The largest absolute Gasteiger partial charge is 0.453 e. The second-order valence-corrected chi connectivity index (χ2v) is 14.4. The zero-order valence-corrected chi connectivity index (χ0v) is 29.0. The molecule has 4 aromatic carbocycles. The molecule has 2 N–H and O–H groups in total. The molecule has 13 heteroatoms. The summed E-state index contributed by atoms with van der Waals surface area (Å²) in [6.45, 7) is 2.50. The minimum Gasteiger partial charge on any atom is -0.453 e. The van der Waals surface area contributed by atoms with Gasteiger partial charge in [-0.2, -0.15) is 4.31 Å². The lowest BCUT2D eigenvalue weighted by molar-refractivity contribution is -0.120. The van der Waals surface area contributed by atoms with Gasteiger partial charge in [0.25, 0.3) is 0 Å². The second kappa shape index (κ2) is 16.2. The Balaban J connectivity index is 1.46. The molecule has 0 aliphatic carbocycles. The molecule has 0 bridgehead atoms. The molecule has 1 aliphatic rings. The monoisotopic (exact) mass is 727 g/mol. The summed E-state index contributed by atoms with van der Waals surface area (Å²) in [6, 6.07) is 19.0. The van der Waals surface area contributed by atoms with Crippen molar-refractivity contribution in [1.82, 2.24) is 14.9 Å². The van der Waals surface area contributed by atoms with Crippen molar-refractivity contribution in [2.75, 3.05) is 20.2 Å². The van der Waals surface area contributed by atoms with Gasteiger partial charge in [-0.3, -0.25) is 4.79 Å². The van der Waals surface area contributed by atoms with Crippen molar-refractivity contribution >= 4 is 33.5 Å². The minimum atomic E-state index is -4.02. The Hall–Kier alpha value is -4.23. The normalized spacial score (nSPS) is 17.3. The van der Waals surface area contributed by atoms with Gasteiger partial charge in [-0.15, -0.1) is 0 Å². The first-order chi connectivity index (χ1) is 23.9. The SMILES string of the molecule is COC(=O)N[C@H](C(=O)Cc1cccc(F)c1CC[C@H]1CNC[C@H](C)N1S(=O)(=O)c1ccccc1Cl)C(c1cccc(F)c1)c1cccc(F)c1. The number of amides is 1. The van der Waals surface area contributed by atoms with Crippen molar-refractivity contribution < 1.29 is 35.9 Å². The fourth-order valence-electron chi connectivity index (χ4n) is 6.60. The third-order valence-corrected chi connectivity index (χ3v) is 11.4. The maximum absolute atomic E-state index is 15.6. The number of benzene rings is 4. The number of piperazine rings is 1. The molecule has 0 aromatic heterocycles. The molecule has 5 rings (SSSR count). The Morgan fingerprint density at radius 3 is 2.20 bits per heavy atom. The van der Waals surface area contributed by atoms with Crippen molar-refractivity contribution in [3.05, 3.63) is 136 Å².